The van der Waals surface area contributed by atoms with Gasteiger partial charge in [-0.1, -0.05) is 13.8 Å². The van der Waals surface area contributed by atoms with Crippen molar-refractivity contribution in [3.8, 4) is 0 Å². The minimum absolute atomic E-state index is 0.225. The monoisotopic (exact) mass is 271 g/mol. The molecule has 0 aromatic heterocycles. The molecule has 1 aliphatic heterocycles. The third kappa shape index (κ3) is 4.42. The van der Waals surface area contributed by atoms with E-state index in [2.05, 4.69) is 19.2 Å². The van der Waals surface area contributed by atoms with Crippen LogP contribution < -0.4 is 5.32 Å². The average molecular weight is 271 g/mol. The zero-order valence-electron chi connectivity index (χ0n) is 12.4. The van der Waals surface area contributed by atoms with Gasteiger partial charge >= 0.3 is 0 Å². The quantitative estimate of drug-likeness (QED) is 0.734. The Balaban J connectivity index is 1.69. The Bertz CT molecular complexity index is 244. The summed E-state index contributed by atoms with van der Waals surface area (Å²) < 4.78 is 17.6. The molecule has 2 aliphatic rings. The van der Waals surface area contributed by atoms with Gasteiger partial charge in [-0.3, -0.25) is 0 Å². The maximum Gasteiger partial charge on any atom is 0.0990 e. The topological polar surface area (TPSA) is 39.7 Å². The molecule has 2 rings (SSSR count). The lowest BCUT2D eigenvalue weighted by atomic mass is 9.85. The van der Waals surface area contributed by atoms with Crippen LogP contribution >= 0.6 is 0 Å². The lowest BCUT2D eigenvalue weighted by Crippen LogP contribution is -2.60. The largest absolute Gasteiger partial charge is 0.376 e. The average Bonchev–Trinajstić information content (AvgIpc) is 2.43. The summed E-state index contributed by atoms with van der Waals surface area (Å²) in [6.07, 6.45) is 6.52. The van der Waals surface area contributed by atoms with Gasteiger partial charge in [-0.15, -0.1) is 0 Å². The lowest BCUT2D eigenvalue weighted by molar-refractivity contribution is -0.165. The highest BCUT2D eigenvalue weighted by molar-refractivity contribution is 4.97. The van der Waals surface area contributed by atoms with Gasteiger partial charge in [-0.05, 0) is 38.6 Å². The second-order valence-corrected chi connectivity index (χ2v) is 5.60. The van der Waals surface area contributed by atoms with Crippen molar-refractivity contribution in [3.63, 3.8) is 0 Å². The van der Waals surface area contributed by atoms with Crippen LogP contribution in [-0.4, -0.2) is 50.7 Å². The van der Waals surface area contributed by atoms with Crippen LogP contribution in [-0.2, 0) is 14.2 Å². The van der Waals surface area contributed by atoms with Gasteiger partial charge in [0.05, 0.1) is 24.9 Å². The smallest absolute Gasteiger partial charge is 0.0990 e. The number of likely N-dealkylation sites (N-methyl/N-ethyl adjacent to an activating group) is 1. The molecule has 4 heteroatoms. The predicted molar refractivity (Wildman–Crippen MR) is 75.4 cm³/mol. The van der Waals surface area contributed by atoms with Gasteiger partial charge in [0.2, 0.25) is 0 Å². The summed E-state index contributed by atoms with van der Waals surface area (Å²) in [6, 6.07) is 0.467. The Morgan fingerprint density at radius 2 is 2.11 bits per heavy atom. The number of nitrogens with one attached hydrogen (secondary N) is 1. The molecule has 4 nitrogen and oxygen atoms in total. The van der Waals surface area contributed by atoms with Gasteiger partial charge in [0.1, 0.15) is 0 Å². The summed E-state index contributed by atoms with van der Waals surface area (Å²) in [5, 5.41) is 3.47. The van der Waals surface area contributed by atoms with E-state index in [4.69, 9.17) is 14.2 Å². The van der Waals surface area contributed by atoms with Crippen LogP contribution in [0.3, 0.4) is 0 Å². The highest BCUT2D eigenvalue weighted by atomic mass is 16.6. The van der Waals surface area contributed by atoms with E-state index in [0.717, 1.165) is 45.6 Å². The molecular formula is C15H29NO3. The molecule has 0 radical (unpaired) electrons. The van der Waals surface area contributed by atoms with E-state index in [1.807, 2.05) is 0 Å². The van der Waals surface area contributed by atoms with Crippen molar-refractivity contribution in [2.75, 3.05) is 26.4 Å². The van der Waals surface area contributed by atoms with E-state index in [9.17, 15) is 0 Å². The fourth-order valence-corrected chi connectivity index (χ4v) is 2.85. The van der Waals surface area contributed by atoms with Crippen LogP contribution in [0.1, 0.15) is 46.0 Å². The molecule has 0 aromatic carbocycles. The molecule has 1 aliphatic carbocycles. The number of hydrogen-bond acceptors (Lipinski definition) is 4. The van der Waals surface area contributed by atoms with Crippen molar-refractivity contribution < 1.29 is 14.2 Å². The molecule has 112 valence electrons. The van der Waals surface area contributed by atoms with Crippen molar-refractivity contribution >= 4 is 0 Å². The van der Waals surface area contributed by atoms with Crippen molar-refractivity contribution in [1.29, 1.82) is 0 Å². The van der Waals surface area contributed by atoms with Crippen LogP contribution in [0, 0.1) is 0 Å². The molecule has 1 heterocycles. The standard InChI is InChI=1S/C15H29NO3/c1-3-8-18-15-13(16-4-2)10-14(15)19-11-12-7-5-6-9-17-12/h12-16H,3-11H2,1-2H3. The van der Waals surface area contributed by atoms with Crippen molar-refractivity contribution in [3.05, 3.63) is 0 Å². The van der Waals surface area contributed by atoms with Crippen LogP contribution in [0.15, 0.2) is 0 Å². The highest BCUT2D eigenvalue weighted by Crippen LogP contribution is 2.28. The lowest BCUT2D eigenvalue weighted by Gasteiger charge is -2.44. The molecule has 1 saturated carbocycles. The molecule has 0 aromatic rings. The minimum atomic E-state index is 0.225. The van der Waals surface area contributed by atoms with E-state index >= 15 is 0 Å². The van der Waals surface area contributed by atoms with Crippen molar-refractivity contribution in [1.82, 2.24) is 5.32 Å². The van der Waals surface area contributed by atoms with E-state index in [1.165, 1.54) is 12.8 Å². The van der Waals surface area contributed by atoms with E-state index in [1.54, 1.807) is 0 Å². The third-order valence-corrected chi connectivity index (χ3v) is 4.00. The zero-order valence-corrected chi connectivity index (χ0v) is 12.4. The van der Waals surface area contributed by atoms with Gasteiger partial charge < -0.3 is 19.5 Å². The first-order valence-electron chi connectivity index (χ1n) is 7.93. The SMILES string of the molecule is CCCOC1C(NCC)CC1OCC1CCCCO1. The number of rotatable bonds is 8. The van der Waals surface area contributed by atoms with Gasteiger partial charge in [0.15, 0.2) is 0 Å². The second-order valence-electron chi connectivity index (χ2n) is 5.60. The first-order valence-corrected chi connectivity index (χ1v) is 7.93. The maximum atomic E-state index is 6.01. The maximum absolute atomic E-state index is 6.01. The number of hydrogen-bond donors (Lipinski definition) is 1. The first-order chi connectivity index (χ1) is 9.35. The zero-order chi connectivity index (χ0) is 13.5. The van der Waals surface area contributed by atoms with E-state index in [-0.39, 0.29) is 12.2 Å². The minimum Gasteiger partial charge on any atom is -0.376 e. The summed E-state index contributed by atoms with van der Waals surface area (Å²) in [6.45, 7) is 7.74. The number of ether oxygens (including phenoxy) is 3. The first kappa shape index (κ1) is 15.2. The molecule has 19 heavy (non-hydrogen) atoms. The molecule has 4 unspecified atom stereocenters. The summed E-state index contributed by atoms with van der Waals surface area (Å²) >= 11 is 0. The molecule has 1 N–H and O–H groups in total. The Morgan fingerprint density at radius 3 is 2.79 bits per heavy atom. The van der Waals surface area contributed by atoms with Gasteiger partial charge in [-0.25, -0.2) is 0 Å². The van der Waals surface area contributed by atoms with E-state index in [0.29, 0.717) is 12.1 Å². The van der Waals surface area contributed by atoms with Gasteiger partial charge in [0.25, 0.3) is 0 Å². The van der Waals surface area contributed by atoms with Crippen LogP contribution in [0.5, 0.6) is 0 Å². The molecular weight excluding hydrogens is 242 g/mol. The molecule has 1 saturated heterocycles. The predicted octanol–water partition coefficient (Wildman–Crippen LogP) is 2.12. The second kappa shape index (κ2) is 8.20. The Labute approximate surface area is 117 Å². The molecule has 2 fully saturated rings. The Kier molecular flexibility index (Phi) is 6.57. The third-order valence-electron chi connectivity index (χ3n) is 4.00. The van der Waals surface area contributed by atoms with E-state index < -0.39 is 0 Å². The molecule has 4 atom stereocenters. The van der Waals surface area contributed by atoms with Gasteiger partial charge in [0, 0.05) is 19.3 Å². The summed E-state index contributed by atoms with van der Waals surface area (Å²) in [4.78, 5) is 0. The van der Waals surface area contributed by atoms with Gasteiger partial charge in [-0.2, -0.15) is 0 Å². The van der Waals surface area contributed by atoms with Crippen LogP contribution in [0.25, 0.3) is 0 Å². The summed E-state index contributed by atoms with van der Waals surface area (Å²) in [7, 11) is 0. The highest BCUT2D eigenvalue weighted by Gasteiger charge is 2.42. The molecule has 0 bridgehead atoms. The Morgan fingerprint density at radius 1 is 1.21 bits per heavy atom. The normalized spacial score (nSPS) is 35.1. The Hall–Kier alpha value is -0.160. The van der Waals surface area contributed by atoms with Crippen molar-refractivity contribution in [2.24, 2.45) is 0 Å². The molecule has 0 spiro atoms. The van der Waals surface area contributed by atoms with Crippen LogP contribution in [0.2, 0.25) is 0 Å². The summed E-state index contributed by atoms with van der Waals surface area (Å²) in [5.74, 6) is 0. The fourth-order valence-electron chi connectivity index (χ4n) is 2.85. The summed E-state index contributed by atoms with van der Waals surface area (Å²) in [5.41, 5.74) is 0. The van der Waals surface area contributed by atoms with Crippen molar-refractivity contribution in [2.45, 2.75) is 70.3 Å². The fraction of sp³-hybridized carbons (Fsp3) is 1.00. The molecule has 0 amide bonds. The van der Waals surface area contributed by atoms with Crippen LogP contribution in [0.4, 0.5) is 0 Å².